The van der Waals surface area contributed by atoms with Crippen molar-refractivity contribution in [3.8, 4) is 5.75 Å². The Labute approximate surface area is 145 Å². The van der Waals surface area contributed by atoms with Crippen LogP contribution >= 0.6 is 0 Å². The maximum absolute atomic E-state index is 12.1. The number of aromatic hydroxyl groups is 1. The van der Waals surface area contributed by atoms with Crippen LogP contribution in [0.1, 0.15) is 37.6 Å². The highest BCUT2D eigenvalue weighted by molar-refractivity contribution is 6.40. The Morgan fingerprint density at radius 2 is 1.68 bits per heavy atom. The number of carbonyl (C=O) groups excluding carboxylic acids is 3. The van der Waals surface area contributed by atoms with Gasteiger partial charge >= 0.3 is 11.9 Å². The smallest absolute Gasteiger partial charge is 0.355 e. The lowest BCUT2D eigenvalue weighted by Crippen LogP contribution is -2.35. The van der Waals surface area contributed by atoms with Gasteiger partial charge in [0.2, 0.25) is 0 Å². The highest BCUT2D eigenvalue weighted by Crippen LogP contribution is 2.12. The SMILES string of the molecule is CCOC(=O)C(=NNC(=O)c1ccc(O)cc1)[C@@H](CC)C(=O)OCC. The highest BCUT2D eigenvalue weighted by Gasteiger charge is 2.31. The number of nitrogens with zero attached hydrogens (tertiary/aromatic N) is 1. The van der Waals surface area contributed by atoms with Gasteiger partial charge in [-0.3, -0.25) is 9.59 Å². The fourth-order valence-corrected chi connectivity index (χ4v) is 1.97. The molecule has 1 rings (SSSR count). The molecule has 0 aliphatic heterocycles. The predicted molar refractivity (Wildman–Crippen MR) is 90.1 cm³/mol. The number of phenolic OH excluding ortho intramolecular Hbond substituents is 1. The molecule has 0 fully saturated rings. The summed E-state index contributed by atoms with van der Waals surface area (Å²) in [4.78, 5) is 36.2. The summed E-state index contributed by atoms with van der Waals surface area (Å²) in [6.45, 7) is 5.22. The zero-order valence-corrected chi connectivity index (χ0v) is 14.4. The lowest BCUT2D eigenvalue weighted by Gasteiger charge is -2.15. The average molecular weight is 350 g/mol. The van der Waals surface area contributed by atoms with E-state index in [0.717, 1.165) is 0 Å². The van der Waals surface area contributed by atoms with E-state index in [-0.39, 0.29) is 36.7 Å². The number of nitrogens with one attached hydrogen (secondary N) is 1. The summed E-state index contributed by atoms with van der Waals surface area (Å²) in [5, 5.41) is 13.0. The summed E-state index contributed by atoms with van der Waals surface area (Å²) >= 11 is 0. The van der Waals surface area contributed by atoms with Gasteiger partial charge in [0, 0.05) is 5.56 Å². The van der Waals surface area contributed by atoms with Crippen LogP contribution in [0.4, 0.5) is 0 Å². The number of hydrogen-bond acceptors (Lipinski definition) is 7. The van der Waals surface area contributed by atoms with E-state index in [1.165, 1.54) is 24.3 Å². The summed E-state index contributed by atoms with van der Waals surface area (Å²) in [5.41, 5.74) is 2.23. The van der Waals surface area contributed by atoms with Gasteiger partial charge in [0.15, 0.2) is 5.71 Å². The molecule has 0 radical (unpaired) electrons. The van der Waals surface area contributed by atoms with Crippen molar-refractivity contribution in [2.45, 2.75) is 27.2 Å². The summed E-state index contributed by atoms with van der Waals surface area (Å²) in [7, 11) is 0. The molecule has 0 heterocycles. The van der Waals surface area contributed by atoms with E-state index in [4.69, 9.17) is 9.47 Å². The average Bonchev–Trinajstić information content (AvgIpc) is 2.59. The molecule has 136 valence electrons. The monoisotopic (exact) mass is 350 g/mol. The minimum Gasteiger partial charge on any atom is -0.508 e. The van der Waals surface area contributed by atoms with E-state index in [2.05, 4.69) is 10.5 Å². The molecule has 0 unspecified atom stereocenters. The van der Waals surface area contributed by atoms with Crippen molar-refractivity contribution in [2.24, 2.45) is 11.0 Å². The zero-order chi connectivity index (χ0) is 18.8. The van der Waals surface area contributed by atoms with E-state index in [1.54, 1.807) is 20.8 Å². The first-order chi connectivity index (χ1) is 11.9. The van der Waals surface area contributed by atoms with Crippen molar-refractivity contribution in [2.75, 3.05) is 13.2 Å². The molecule has 0 bridgehead atoms. The lowest BCUT2D eigenvalue weighted by molar-refractivity contribution is -0.147. The molecule has 25 heavy (non-hydrogen) atoms. The second-order valence-corrected chi connectivity index (χ2v) is 4.92. The predicted octanol–water partition coefficient (Wildman–Crippen LogP) is 1.63. The van der Waals surface area contributed by atoms with Crippen LogP contribution in [0.5, 0.6) is 5.75 Å². The van der Waals surface area contributed by atoms with Crippen molar-refractivity contribution < 1.29 is 29.0 Å². The fourth-order valence-electron chi connectivity index (χ4n) is 1.97. The lowest BCUT2D eigenvalue weighted by atomic mass is 10.0. The van der Waals surface area contributed by atoms with Crippen molar-refractivity contribution in [1.29, 1.82) is 0 Å². The largest absolute Gasteiger partial charge is 0.508 e. The third kappa shape index (κ3) is 5.91. The van der Waals surface area contributed by atoms with Crippen molar-refractivity contribution in [3.05, 3.63) is 29.8 Å². The van der Waals surface area contributed by atoms with Crippen molar-refractivity contribution in [3.63, 3.8) is 0 Å². The van der Waals surface area contributed by atoms with Gasteiger partial charge in [-0.05, 0) is 44.5 Å². The Bertz CT molecular complexity index is 639. The van der Waals surface area contributed by atoms with Gasteiger partial charge in [-0.15, -0.1) is 0 Å². The number of hydrazone groups is 1. The molecule has 0 aliphatic rings. The maximum Gasteiger partial charge on any atom is 0.355 e. The summed E-state index contributed by atoms with van der Waals surface area (Å²) in [5.74, 6) is -2.94. The van der Waals surface area contributed by atoms with Crippen LogP contribution in [-0.4, -0.2) is 41.9 Å². The Kier molecular flexibility index (Phi) is 8.11. The number of benzene rings is 1. The van der Waals surface area contributed by atoms with E-state index >= 15 is 0 Å². The number of amides is 1. The van der Waals surface area contributed by atoms with Gasteiger partial charge < -0.3 is 14.6 Å². The van der Waals surface area contributed by atoms with Crippen LogP contribution in [0.2, 0.25) is 0 Å². The first-order valence-corrected chi connectivity index (χ1v) is 7.95. The number of carbonyl (C=O) groups is 3. The number of phenols is 1. The molecule has 0 aliphatic carbocycles. The van der Waals surface area contributed by atoms with Crippen LogP contribution in [-0.2, 0) is 19.1 Å². The minimum absolute atomic E-state index is 0.0145. The van der Waals surface area contributed by atoms with E-state index in [0.29, 0.717) is 0 Å². The Balaban J connectivity index is 3.03. The van der Waals surface area contributed by atoms with Crippen LogP contribution in [0, 0.1) is 5.92 Å². The molecule has 8 nitrogen and oxygen atoms in total. The third-order valence-electron chi connectivity index (χ3n) is 3.20. The van der Waals surface area contributed by atoms with Gasteiger partial charge in [0.05, 0.1) is 13.2 Å². The number of hydrogen-bond donors (Lipinski definition) is 2. The molecule has 2 N–H and O–H groups in total. The number of ether oxygens (including phenoxy) is 2. The molecule has 0 saturated carbocycles. The second-order valence-electron chi connectivity index (χ2n) is 4.92. The molecule has 0 saturated heterocycles. The van der Waals surface area contributed by atoms with E-state index < -0.39 is 23.8 Å². The summed E-state index contributed by atoms with van der Waals surface area (Å²) < 4.78 is 9.85. The number of rotatable bonds is 8. The summed E-state index contributed by atoms with van der Waals surface area (Å²) in [6.07, 6.45) is 0.256. The fraction of sp³-hybridized carbons (Fsp3) is 0.412. The van der Waals surface area contributed by atoms with Crippen molar-refractivity contribution >= 4 is 23.6 Å². The van der Waals surface area contributed by atoms with E-state index in [9.17, 15) is 19.5 Å². The van der Waals surface area contributed by atoms with Gasteiger partial charge in [0.1, 0.15) is 11.7 Å². The number of esters is 2. The molecule has 0 aromatic heterocycles. The molecular formula is C17H22N2O6. The van der Waals surface area contributed by atoms with Crippen LogP contribution in [0.25, 0.3) is 0 Å². The van der Waals surface area contributed by atoms with Crippen LogP contribution in [0.3, 0.4) is 0 Å². The Morgan fingerprint density at radius 3 is 2.20 bits per heavy atom. The molecule has 0 spiro atoms. The topological polar surface area (TPSA) is 114 Å². The first-order valence-electron chi connectivity index (χ1n) is 7.95. The normalized spacial score (nSPS) is 12.2. The third-order valence-corrected chi connectivity index (χ3v) is 3.20. The summed E-state index contributed by atoms with van der Waals surface area (Å²) in [6, 6.07) is 5.48. The quantitative estimate of drug-likeness (QED) is 0.418. The zero-order valence-electron chi connectivity index (χ0n) is 14.4. The van der Waals surface area contributed by atoms with Gasteiger partial charge in [-0.25, -0.2) is 10.2 Å². The van der Waals surface area contributed by atoms with Gasteiger partial charge in [0.25, 0.3) is 5.91 Å². The molecule has 1 atom stereocenters. The molecular weight excluding hydrogens is 328 g/mol. The molecule has 8 heteroatoms. The first kappa shape index (κ1) is 20.1. The van der Waals surface area contributed by atoms with Gasteiger partial charge in [-0.1, -0.05) is 6.92 Å². The molecule has 1 aromatic carbocycles. The molecule has 1 amide bonds. The highest BCUT2D eigenvalue weighted by atomic mass is 16.5. The standard InChI is InChI=1S/C17H22N2O6/c1-4-13(16(22)24-5-2)14(17(23)25-6-3)18-19-15(21)11-7-9-12(20)10-8-11/h7-10,13,20H,4-6H2,1-3H3,(H,19,21)/t13-/m1/s1. The minimum atomic E-state index is -0.945. The van der Waals surface area contributed by atoms with E-state index in [1.807, 2.05) is 0 Å². The maximum atomic E-state index is 12.1. The Hall–Kier alpha value is -2.90. The van der Waals surface area contributed by atoms with Gasteiger partial charge in [-0.2, -0.15) is 5.10 Å². The van der Waals surface area contributed by atoms with Crippen molar-refractivity contribution in [1.82, 2.24) is 5.43 Å². The Morgan fingerprint density at radius 1 is 1.08 bits per heavy atom. The molecule has 1 aromatic rings. The van der Waals surface area contributed by atoms with Crippen LogP contribution in [0.15, 0.2) is 29.4 Å². The van der Waals surface area contributed by atoms with Crippen LogP contribution < -0.4 is 5.43 Å². The second kappa shape index (κ2) is 10.1.